The number of allylic oxidation sites excluding steroid dienone is 5. The second-order valence-electron chi connectivity index (χ2n) is 4.77. The Kier molecular flexibility index (Phi) is 6.14. The fourth-order valence-electron chi connectivity index (χ4n) is 1.49. The Balaban J connectivity index is 5.10. The van der Waals surface area contributed by atoms with Gasteiger partial charge in [0.2, 0.25) is 0 Å². The molecule has 1 nitrogen and oxygen atoms in total. The quantitative estimate of drug-likeness (QED) is 0.686. The van der Waals surface area contributed by atoms with Crippen LogP contribution in [0.1, 0.15) is 40.5 Å². The van der Waals surface area contributed by atoms with E-state index in [0.717, 1.165) is 6.92 Å². The summed E-state index contributed by atoms with van der Waals surface area (Å²) < 4.78 is 26.9. The molecular weight excluding hydrogens is 220 g/mol. The summed E-state index contributed by atoms with van der Waals surface area (Å²) in [6.07, 6.45) is 4.15. The van der Waals surface area contributed by atoms with E-state index in [4.69, 9.17) is 5.73 Å². The van der Waals surface area contributed by atoms with E-state index in [1.807, 2.05) is 20.8 Å². The number of rotatable bonds is 6. The van der Waals surface area contributed by atoms with E-state index < -0.39 is 5.92 Å². The number of hydrogen-bond acceptors (Lipinski definition) is 1. The molecular formula is C14H23F2N. The minimum absolute atomic E-state index is 0.0254. The second kappa shape index (κ2) is 6.58. The lowest BCUT2D eigenvalue weighted by Gasteiger charge is -2.18. The van der Waals surface area contributed by atoms with Crippen LogP contribution < -0.4 is 5.73 Å². The van der Waals surface area contributed by atoms with Crippen molar-refractivity contribution in [1.82, 2.24) is 0 Å². The molecule has 98 valence electrons. The van der Waals surface area contributed by atoms with Gasteiger partial charge in [0.05, 0.1) is 0 Å². The van der Waals surface area contributed by atoms with Crippen LogP contribution in [-0.4, -0.2) is 5.92 Å². The van der Waals surface area contributed by atoms with Gasteiger partial charge < -0.3 is 5.73 Å². The average molecular weight is 243 g/mol. The van der Waals surface area contributed by atoms with Gasteiger partial charge in [-0.05, 0) is 30.4 Å². The Morgan fingerprint density at radius 3 is 2.24 bits per heavy atom. The Labute approximate surface area is 103 Å². The van der Waals surface area contributed by atoms with Crippen molar-refractivity contribution in [1.29, 1.82) is 0 Å². The van der Waals surface area contributed by atoms with E-state index in [1.165, 1.54) is 12.2 Å². The topological polar surface area (TPSA) is 26.0 Å². The van der Waals surface area contributed by atoms with Crippen LogP contribution in [0.2, 0.25) is 0 Å². The fourth-order valence-corrected chi connectivity index (χ4v) is 1.49. The summed E-state index contributed by atoms with van der Waals surface area (Å²) in [7, 11) is 0. The van der Waals surface area contributed by atoms with Gasteiger partial charge in [-0.1, -0.05) is 33.4 Å². The van der Waals surface area contributed by atoms with Gasteiger partial charge in [-0.2, -0.15) is 0 Å². The number of alkyl halides is 2. The third-order valence-electron chi connectivity index (χ3n) is 2.38. The lowest BCUT2D eigenvalue weighted by atomic mass is 9.94. The SMILES string of the molecule is C=C(CC(C)C)/C(=C\C=C(\N)CC)C(C)(F)F. The molecule has 17 heavy (non-hydrogen) atoms. The largest absolute Gasteiger partial charge is 0.402 e. The molecule has 0 aliphatic heterocycles. The Bertz CT molecular complexity index is 320. The number of nitrogens with two attached hydrogens (primary N) is 1. The lowest BCUT2D eigenvalue weighted by molar-refractivity contribution is 0.0654. The molecule has 0 heterocycles. The summed E-state index contributed by atoms with van der Waals surface area (Å²) in [5.74, 6) is -2.57. The zero-order valence-electron chi connectivity index (χ0n) is 11.2. The van der Waals surface area contributed by atoms with Crippen molar-refractivity contribution in [3.8, 4) is 0 Å². The first-order valence-electron chi connectivity index (χ1n) is 5.91. The minimum atomic E-state index is -2.88. The lowest BCUT2D eigenvalue weighted by Crippen LogP contribution is -2.16. The molecule has 0 aliphatic rings. The van der Waals surface area contributed by atoms with Gasteiger partial charge in [-0.3, -0.25) is 0 Å². The van der Waals surface area contributed by atoms with Gasteiger partial charge in [0.15, 0.2) is 0 Å². The van der Waals surface area contributed by atoms with Crippen molar-refractivity contribution in [2.24, 2.45) is 11.7 Å². The van der Waals surface area contributed by atoms with Gasteiger partial charge in [0.25, 0.3) is 5.92 Å². The fraction of sp³-hybridized carbons (Fsp3) is 0.571. The maximum Gasteiger partial charge on any atom is 0.270 e. The Morgan fingerprint density at radius 2 is 1.88 bits per heavy atom. The van der Waals surface area contributed by atoms with Crippen LogP contribution >= 0.6 is 0 Å². The van der Waals surface area contributed by atoms with Crippen molar-refractivity contribution < 1.29 is 8.78 Å². The smallest absolute Gasteiger partial charge is 0.270 e. The van der Waals surface area contributed by atoms with Crippen LogP contribution in [0.5, 0.6) is 0 Å². The standard InChI is InChI=1S/C14H23F2N/c1-6-12(17)7-8-13(14(5,15)16)11(4)9-10(2)3/h7-8,10H,4,6,9,17H2,1-3,5H3/b12-7+,13-8+. The second-order valence-corrected chi connectivity index (χ2v) is 4.77. The summed E-state index contributed by atoms with van der Waals surface area (Å²) in [6, 6.07) is 0. The van der Waals surface area contributed by atoms with Gasteiger partial charge in [0, 0.05) is 18.2 Å². The van der Waals surface area contributed by atoms with Crippen molar-refractivity contribution in [2.75, 3.05) is 0 Å². The predicted octanol–water partition coefficient (Wildman–Crippen LogP) is 4.42. The molecule has 0 radical (unpaired) electrons. The summed E-state index contributed by atoms with van der Waals surface area (Å²) in [6.45, 7) is 10.5. The zero-order valence-corrected chi connectivity index (χ0v) is 11.2. The summed E-state index contributed by atoms with van der Waals surface area (Å²) in [5, 5.41) is 0. The first kappa shape index (κ1) is 15.9. The van der Waals surface area contributed by atoms with Crippen LogP contribution in [-0.2, 0) is 0 Å². The van der Waals surface area contributed by atoms with Crippen LogP contribution in [0.3, 0.4) is 0 Å². The summed E-state index contributed by atoms with van der Waals surface area (Å²) >= 11 is 0. The molecule has 3 heteroatoms. The van der Waals surface area contributed by atoms with E-state index >= 15 is 0 Å². The van der Waals surface area contributed by atoms with Gasteiger partial charge in [-0.25, -0.2) is 8.78 Å². The predicted molar refractivity (Wildman–Crippen MR) is 69.9 cm³/mol. The Morgan fingerprint density at radius 1 is 1.35 bits per heavy atom. The number of hydrogen-bond donors (Lipinski definition) is 1. The van der Waals surface area contributed by atoms with E-state index in [9.17, 15) is 8.78 Å². The number of halogens is 2. The molecule has 0 unspecified atom stereocenters. The van der Waals surface area contributed by atoms with Crippen LogP contribution in [0.4, 0.5) is 8.78 Å². The minimum Gasteiger partial charge on any atom is -0.402 e. The highest BCUT2D eigenvalue weighted by Crippen LogP contribution is 2.31. The van der Waals surface area contributed by atoms with E-state index in [-0.39, 0.29) is 5.57 Å². The van der Waals surface area contributed by atoms with Gasteiger partial charge in [0.1, 0.15) is 0 Å². The maximum atomic E-state index is 13.4. The molecule has 0 aromatic carbocycles. The molecule has 0 atom stereocenters. The third-order valence-corrected chi connectivity index (χ3v) is 2.38. The molecule has 2 N–H and O–H groups in total. The van der Waals surface area contributed by atoms with Crippen LogP contribution in [0, 0.1) is 5.92 Å². The summed E-state index contributed by atoms with van der Waals surface area (Å²) in [4.78, 5) is 0. The molecule has 0 fully saturated rings. The van der Waals surface area contributed by atoms with Gasteiger partial charge in [-0.15, -0.1) is 0 Å². The first-order valence-corrected chi connectivity index (χ1v) is 5.91. The van der Waals surface area contributed by atoms with Crippen molar-refractivity contribution >= 4 is 0 Å². The van der Waals surface area contributed by atoms with E-state index in [0.29, 0.717) is 30.0 Å². The molecule has 0 saturated heterocycles. The normalized spacial score (nSPS) is 14.3. The van der Waals surface area contributed by atoms with E-state index in [2.05, 4.69) is 6.58 Å². The Hall–Kier alpha value is -1.12. The molecule has 0 spiro atoms. The third kappa shape index (κ3) is 6.25. The zero-order chi connectivity index (χ0) is 13.6. The monoisotopic (exact) mass is 243 g/mol. The molecule has 0 amide bonds. The van der Waals surface area contributed by atoms with Crippen LogP contribution in [0.15, 0.2) is 35.6 Å². The molecule has 0 saturated carbocycles. The molecule has 0 aliphatic carbocycles. The maximum absolute atomic E-state index is 13.4. The summed E-state index contributed by atoms with van der Waals surface area (Å²) in [5.41, 5.74) is 6.65. The average Bonchev–Trinajstić information content (AvgIpc) is 2.14. The van der Waals surface area contributed by atoms with E-state index in [1.54, 1.807) is 0 Å². The van der Waals surface area contributed by atoms with Crippen molar-refractivity contribution in [2.45, 2.75) is 46.5 Å². The van der Waals surface area contributed by atoms with Gasteiger partial charge >= 0.3 is 0 Å². The van der Waals surface area contributed by atoms with Crippen molar-refractivity contribution in [3.05, 3.63) is 35.6 Å². The molecule has 0 bridgehead atoms. The van der Waals surface area contributed by atoms with Crippen molar-refractivity contribution in [3.63, 3.8) is 0 Å². The highest BCUT2D eigenvalue weighted by Gasteiger charge is 2.28. The molecule has 0 rings (SSSR count). The molecule has 0 aromatic rings. The first-order chi connectivity index (χ1) is 7.68. The highest BCUT2D eigenvalue weighted by atomic mass is 19.3. The highest BCUT2D eigenvalue weighted by molar-refractivity contribution is 5.37. The van der Waals surface area contributed by atoms with Crippen LogP contribution in [0.25, 0.3) is 0 Å². The molecule has 0 aromatic heterocycles.